The minimum absolute atomic E-state index is 0.135. The number of nitrogens with one attached hydrogen (secondary N) is 2. The predicted molar refractivity (Wildman–Crippen MR) is 64.2 cm³/mol. The molecule has 0 spiro atoms. The van der Waals surface area contributed by atoms with Gasteiger partial charge in [-0.05, 0) is 30.0 Å². The van der Waals surface area contributed by atoms with Crippen molar-refractivity contribution < 1.29 is 22.7 Å². The number of halogens is 3. The van der Waals surface area contributed by atoms with E-state index in [9.17, 15) is 18.0 Å². The van der Waals surface area contributed by atoms with E-state index >= 15 is 0 Å². The molecule has 1 aliphatic carbocycles. The summed E-state index contributed by atoms with van der Waals surface area (Å²) in [5.74, 6) is 0.155. The highest BCUT2D eigenvalue weighted by molar-refractivity contribution is 5.95. The van der Waals surface area contributed by atoms with Gasteiger partial charge in [-0.1, -0.05) is 6.07 Å². The number of alkyl halides is 3. The number of carbonyl (C=O) groups excluding carboxylic acids is 1. The summed E-state index contributed by atoms with van der Waals surface area (Å²) in [5, 5.41) is 6.05. The van der Waals surface area contributed by atoms with Crippen LogP contribution in [0, 0.1) is 11.8 Å². The largest absolute Gasteiger partial charge is 0.573 e. The van der Waals surface area contributed by atoms with E-state index in [2.05, 4.69) is 15.4 Å². The summed E-state index contributed by atoms with van der Waals surface area (Å²) in [6, 6.07) is 5.23. The second-order valence-electron chi connectivity index (χ2n) is 5.06. The summed E-state index contributed by atoms with van der Waals surface area (Å²) in [6.45, 7) is 1.76. The van der Waals surface area contributed by atoms with Crippen LogP contribution in [0.15, 0.2) is 24.3 Å². The fraction of sp³-hybridized carbons (Fsp3) is 0.462. The Morgan fingerprint density at radius 2 is 2.00 bits per heavy atom. The smallest absolute Gasteiger partial charge is 0.406 e. The molecule has 7 heteroatoms. The standard InChI is InChI=1S/C13H13F3N2O2/c14-13(15,16)20-8-3-1-2-7(4-8)12(19)18-11-9-5-17-6-10(9)11/h1-4,9-11,17H,5-6H2,(H,18,19). The molecule has 0 radical (unpaired) electrons. The zero-order valence-electron chi connectivity index (χ0n) is 10.4. The average molecular weight is 286 g/mol. The molecule has 1 heterocycles. The van der Waals surface area contributed by atoms with Gasteiger partial charge in [0.15, 0.2) is 0 Å². The molecule has 108 valence electrons. The average Bonchev–Trinajstić information content (AvgIpc) is 2.81. The fourth-order valence-corrected chi connectivity index (χ4v) is 2.70. The van der Waals surface area contributed by atoms with Crippen molar-refractivity contribution in [1.82, 2.24) is 10.6 Å². The van der Waals surface area contributed by atoms with Crippen LogP contribution in [-0.2, 0) is 0 Å². The molecule has 4 nitrogen and oxygen atoms in total. The maximum Gasteiger partial charge on any atom is 0.573 e. The number of carbonyl (C=O) groups is 1. The number of amides is 1. The zero-order chi connectivity index (χ0) is 14.3. The van der Waals surface area contributed by atoms with Gasteiger partial charge < -0.3 is 15.4 Å². The predicted octanol–water partition coefficient (Wildman–Crippen LogP) is 1.53. The van der Waals surface area contributed by atoms with E-state index in [0.29, 0.717) is 11.8 Å². The van der Waals surface area contributed by atoms with E-state index in [4.69, 9.17) is 0 Å². The Morgan fingerprint density at radius 1 is 1.30 bits per heavy atom. The van der Waals surface area contributed by atoms with Crippen LogP contribution in [-0.4, -0.2) is 31.4 Å². The van der Waals surface area contributed by atoms with Gasteiger partial charge in [0.1, 0.15) is 5.75 Å². The minimum Gasteiger partial charge on any atom is -0.406 e. The first-order valence-electron chi connectivity index (χ1n) is 6.31. The molecule has 2 atom stereocenters. The van der Waals surface area contributed by atoms with Crippen LogP contribution in [0.4, 0.5) is 13.2 Å². The van der Waals surface area contributed by atoms with Gasteiger partial charge in [-0.3, -0.25) is 4.79 Å². The molecule has 2 unspecified atom stereocenters. The molecule has 3 rings (SSSR count). The molecule has 0 aromatic heterocycles. The van der Waals surface area contributed by atoms with E-state index in [0.717, 1.165) is 19.2 Å². The number of piperidine rings is 1. The van der Waals surface area contributed by atoms with Crippen molar-refractivity contribution in [3.05, 3.63) is 29.8 Å². The molecule has 1 aliphatic heterocycles. The fourth-order valence-electron chi connectivity index (χ4n) is 2.70. The maximum absolute atomic E-state index is 12.1. The lowest BCUT2D eigenvalue weighted by Crippen LogP contribution is -2.32. The number of ether oxygens (including phenoxy) is 1. The van der Waals surface area contributed by atoms with Gasteiger partial charge in [0.2, 0.25) is 0 Å². The second kappa shape index (κ2) is 4.66. The summed E-state index contributed by atoms with van der Waals surface area (Å²) in [6.07, 6.45) is -4.76. The van der Waals surface area contributed by atoms with Gasteiger partial charge >= 0.3 is 6.36 Å². The normalized spacial score (nSPS) is 27.9. The highest BCUT2D eigenvalue weighted by atomic mass is 19.4. The molecule has 0 bridgehead atoms. The lowest BCUT2D eigenvalue weighted by atomic mass is 10.2. The lowest BCUT2D eigenvalue weighted by molar-refractivity contribution is -0.274. The van der Waals surface area contributed by atoms with Gasteiger partial charge in [0.25, 0.3) is 5.91 Å². The van der Waals surface area contributed by atoms with Crippen LogP contribution in [0.5, 0.6) is 5.75 Å². The molecule has 1 aromatic carbocycles. The van der Waals surface area contributed by atoms with E-state index in [-0.39, 0.29) is 23.3 Å². The Bertz CT molecular complexity index is 523. The van der Waals surface area contributed by atoms with Gasteiger partial charge in [-0.25, -0.2) is 0 Å². The van der Waals surface area contributed by atoms with Crippen LogP contribution < -0.4 is 15.4 Å². The number of benzene rings is 1. The van der Waals surface area contributed by atoms with E-state index in [1.54, 1.807) is 0 Å². The third kappa shape index (κ3) is 2.72. The van der Waals surface area contributed by atoms with Crippen molar-refractivity contribution in [2.75, 3.05) is 13.1 Å². The SMILES string of the molecule is O=C(NC1C2CNCC21)c1cccc(OC(F)(F)F)c1. The lowest BCUT2D eigenvalue weighted by Gasteiger charge is -2.11. The Kier molecular flexibility index (Phi) is 3.08. The van der Waals surface area contributed by atoms with Gasteiger partial charge in [-0.15, -0.1) is 13.2 Å². The molecule has 2 N–H and O–H groups in total. The first-order valence-corrected chi connectivity index (χ1v) is 6.31. The van der Waals surface area contributed by atoms with Gasteiger partial charge in [0, 0.05) is 24.7 Å². The van der Waals surface area contributed by atoms with Crippen LogP contribution >= 0.6 is 0 Å². The molecular formula is C13H13F3N2O2. The van der Waals surface area contributed by atoms with Crippen LogP contribution in [0.25, 0.3) is 0 Å². The maximum atomic E-state index is 12.1. The van der Waals surface area contributed by atoms with Crippen molar-refractivity contribution >= 4 is 5.91 Å². The summed E-state index contributed by atoms with van der Waals surface area (Å²) in [5.41, 5.74) is 0.171. The van der Waals surface area contributed by atoms with Gasteiger partial charge in [-0.2, -0.15) is 0 Å². The third-order valence-electron chi connectivity index (χ3n) is 3.72. The van der Waals surface area contributed by atoms with Crippen LogP contribution in [0.3, 0.4) is 0 Å². The Hall–Kier alpha value is -1.76. The molecular weight excluding hydrogens is 273 g/mol. The molecule has 1 amide bonds. The van der Waals surface area contributed by atoms with Crippen molar-refractivity contribution in [2.45, 2.75) is 12.4 Å². The Labute approximate surface area is 113 Å². The molecule has 1 saturated carbocycles. The third-order valence-corrected chi connectivity index (χ3v) is 3.72. The Morgan fingerprint density at radius 3 is 2.65 bits per heavy atom. The molecule has 2 aliphatic rings. The first kappa shape index (κ1) is 13.2. The zero-order valence-corrected chi connectivity index (χ0v) is 10.4. The number of fused-ring (bicyclic) bond motifs is 1. The van der Waals surface area contributed by atoms with E-state index in [1.807, 2.05) is 0 Å². The summed E-state index contributed by atoms with van der Waals surface area (Å²) in [4.78, 5) is 12.0. The molecule has 1 saturated heterocycles. The van der Waals surface area contributed by atoms with Crippen molar-refractivity contribution in [2.24, 2.45) is 11.8 Å². The number of hydrogen-bond acceptors (Lipinski definition) is 3. The first-order chi connectivity index (χ1) is 9.44. The highest BCUT2D eigenvalue weighted by Crippen LogP contribution is 2.41. The van der Waals surface area contributed by atoms with Crippen LogP contribution in [0.1, 0.15) is 10.4 Å². The quantitative estimate of drug-likeness (QED) is 0.886. The van der Waals surface area contributed by atoms with E-state index < -0.39 is 6.36 Å². The van der Waals surface area contributed by atoms with E-state index in [1.165, 1.54) is 18.2 Å². The number of hydrogen-bond donors (Lipinski definition) is 2. The molecule has 1 aromatic rings. The van der Waals surface area contributed by atoms with Crippen molar-refractivity contribution in [1.29, 1.82) is 0 Å². The monoisotopic (exact) mass is 286 g/mol. The second-order valence-corrected chi connectivity index (χ2v) is 5.06. The number of rotatable bonds is 3. The highest BCUT2D eigenvalue weighted by Gasteiger charge is 2.53. The van der Waals surface area contributed by atoms with Crippen molar-refractivity contribution in [3.8, 4) is 5.75 Å². The summed E-state index contributed by atoms with van der Waals surface area (Å²) >= 11 is 0. The summed E-state index contributed by atoms with van der Waals surface area (Å²) in [7, 11) is 0. The molecule has 20 heavy (non-hydrogen) atoms. The van der Waals surface area contributed by atoms with Gasteiger partial charge in [0.05, 0.1) is 0 Å². The molecule has 2 fully saturated rings. The summed E-state index contributed by atoms with van der Waals surface area (Å²) < 4.78 is 40.2. The van der Waals surface area contributed by atoms with Crippen LogP contribution in [0.2, 0.25) is 0 Å². The minimum atomic E-state index is -4.76. The van der Waals surface area contributed by atoms with Crippen molar-refractivity contribution in [3.63, 3.8) is 0 Å². The Balaban J connectivity index is 1.64. The topological polar surface area (TPSA) is 50.4 Å².